The van der Waals surface area contributed by atoms with E-state index in [1.807, 2.05) is 36.4 Å². The monoisotopic (exact) mass is 420 g/mol. The van der Waals surface area contributed by atoms with Crippen LogP contribution < -0.4 is 0 Å². The number of nitrogens with zero attached hydrogens (tertiary/aromatic N) is 2. The van der Waals surface area contributed by atoms with Crippen molar-refractivity contribution in [2.75, 3.05) is 0 Å². The topological polar surface area (TPSA) is 83.2 Å². The van der Waals surface area contributed by atoms with Gasteiger partial charge >= 0.3 is 5.97 Å². The van der Waals surface area contributed by atoms with Gasteiger partial charge in [0.1, 0.15) is 11.8 Å². The summed E-state index contributed by atoms with van der Waals surface area (Å²) in [6, 6.07) is 13.2. The van der Waals surface area contributed by atoms with Crippen LogP contribution in [0, 0.1) is 29.1 Å². The van der Waals surface area contributed by atoms with Gasteiger partial charge in [0.2, 0.25) is 0 Å². The highest BCUT2D eigenvalue weighted by Crippen LogP contribution is 2.54. The third kappa shape index (κ3) is 3.53. The molecule has 1 aliphatic carbocycles. The number of cyclic esters (lactones) is 1. The van der Waals surface area contributed by atoms with E-state index >= 15 is 4.39 Å². The molecule has 2 heterocycles. The van der Waals surface area contributed by atoms with Crippen LogP contribution in [0.25, 0.3) is 17.2 Å². The Labute approximate surface area is 181 Å². The number of benzene rings is 1. The molecule has 0 bridgehead atoms. The average Bonchev–Trinajstić information content (AvgIpc) is 2.96. The van der Waals surface area contributed by atoms with Crippen LogP contribution in [-0.2, 0) is 9.53 Å². The third-order valence-electron chi connectivity index (χ3n) is 6.89. The summed E-state index contributed by atoms with van der Waals surface area (Å²) >= 11 is 0. The van der Waals surface area contributed by atoms with Gasteiger partial charge < -0.3 is 9.84 Å². The maximum Gasteiger partial charge on any atom is 0.338 e. The Morgan fingerprint density at radius 3 is 2.71 bits per heavy atom. The lowest BCUT2D eigenvalue weighted by Gasteiger charge is -2.47. The first-order valence-corrected chi connectivity index (χ1v) is 10.4. The highest BCUT2D eigenvalue weighted by molar-refractivity contribution is 5.83. The number of esters is 1. The number of rotatable bonds is 3. The van der Waals surface area contributed by atoms with Gasteiger partial charge in [0.05, 0.1) is 17.3 Å². The summed E-state index contributed by atoms with van der Waals surface area (Å²) in [5, 5.41) is 20.3. The molecule has 1 aliphatic heterocycles. The van der Waals surface area contributed by atoms with Crippen molar-refractivity contribution < 1.29 is 19.0 Å². The lowest BCUT2D eigenvalue weighted by Crippen LogP contribution is -2.58. The number of pyridine rings is 1. The Kier molecular flexibility index (Phi) is 5.18. The Hall–Kier alpha value is -3.04. The molecule has 1 unspecified atom stereocenters. The first-order valence-electron chi connectivity index (χ1n) is 10.4. The standard InChI is InChI=1S/C25H25FN2O3/c1-15-20(22-16(2)31-23(29)25(22,30)14-24(15,3)26)11-10-19-9-8-18(13-28-19)21-7-5-4-6-17(21)12-27/h4-11,13,15-16,20,22,30H,14H2,1-3H3/b11-10+/t15-,16+,20-,22-,24?,25-/m0/s1. The van der Waals surface area contributed by atoms with Crippen molar-refractivity contribution >= 4 is 12.0 Å². The van der Waals surface area contributed by atoms with Crippen molar-refractivity contribution in [3.05, 3.63) is 59.9 Å². The minimum atomic E-state index is -1.82. The molecule has 1 N–H and O–H groups in total. The Bertz CT molecular complexity index is 1070. The molecule has 2 fully saturated rings. The van der Waals surface area contributed by atoms with Gasteiger partial charge in [0.15, 0.2) is 5.60 Å². The molecular formula is C25H25FN2O3. The number of carbonyl (C=O) groups is 1. The second-order valence-corrected chi connectivity index (χ2v) is 8.87. The van der Waals surface area contributed by atoms with E-state index in [1.54, 1.807) is 32.2 Å². The predicted octanol–water partition coefficient (Wildman–Crippen LogP) is 4.31. The number of ether oxygens (including phenoxy) is 1. The van der Waals surface area contributed by atoms with Gasteiger partial charge in [-0.05, 0) is 43.9 Å². The number of nitriles is 1. The molecule has 0 spiro atoms. The highest BCUT2D eigenvalue weighted by Gasteiger charge is 2.65. The van der Waals surface area contributed by atoms with E-state index in [0.29, 0.717) is 11.3 Å². The summed E-state index contributed by atoms with van der Waals surface area (Å²) < 4.78 is 20.6. The molecule has 160 valence electrons. The number of hydrogen-bond donors (Lipinski definition) is 1. The quantitative estimate of drug-likeness (QED) is 0.748. The first kappa shape index (κ1) is 21.2. The summed E-state index contributed by atoms with van der Waals surface area (Å²) in [7, 11) is 0. The summed E-state index contributed by atoms with van der Waals surface area (Å²) in [5.74, 6) is -2.06. The van der Waals surface area contributed by atoms with Crippen molar-refractivity contribution in [2.24, 2.45) is 17.8 Å². The number of fused-ring (bicyclic) bond motifs is 1. The molecule has 2 aromatic rings. The molecule has 2 aliphatic rings. The van der Waals surface area contributed by atoms with Crippen LogP contribution in [0.3, 0.4) is 0 Å². The molecule has 0 radical (unpaired) electrons. The van der Waals surface area contributed by atoms with Gasteiger partial charge in [-0.3, -0.25) is 4.98 Å². The number of carbonyl (C=O) groups excluding carboxylic acids is 1. The predicted molar refractivity (Wildman–Crippen MR) is 114 cm³/mol. The molecule has 6 heteroatoms. The number of hydrogen-bond acceptors (Lipinski definition) is 5. The fourth-order valence-electron chi connectivity index (χ4n) is 5.08. The first-order chi connectivity index (χ1) is 14.7. The number of alkyl halides is 1. The molecule has 6 atom stereocenters. The van der Waals surface area contributed by atoms with Gasteiger partial charge in [-0.15, -0.1) is 0 Å². The zero-order valence-corrected chi connectivity index (χ0v) is 17.7. The lowest BCUT2D eigenvalue weighted by molar-refractivity contribution is -0.167. The van der Waals surface area contributed by atoms with Crippen molar-refractivity contribution in [1.82, 2.24) is 4.98 Å². The van der Waals surface area contributed by atoms with Gasteiger partial charge in [0, 0.05) is 29.7 Å². The second kappa shape index (κ2) is 7.58. The molecule has 0 amide bonds. The number of allylic oxidation sites excluding steroid dienone is 1. The van der Waals surface area contributed by atoms with Crippen LogP contribution >= 0.6 is 0 Å². The largest absolute Gasteiger partial charge is 0.460 e. The van der Waals surface area contributed by atoms with Gasteiger partial charge in [0.25, 0.3) is 0 Å². The lowest BCUT2D eigenvalue weighted by atomic mass is 9.59. The van der Waals surface area contributed by atoms with Crippen molar-refractivity contribution in [1.29, 1.82) is 5.26 Å². The minimum absolute atomic E-state index is 0.259. The maximum atomic E-state index is 15.3. The summed E-state index contributed by atoms with van der Waals surface area (Å²) in [5.41, 5.74) is -0.648. The highest BCUT2D eigenvalue weighted by atomic mass is 19.1. The molecular weight excluding hydrogens is 395 g/mol. The fraction of sp³-hybridized carbons (Fsp3) is 0.400. The van der Waals surface area contributed by atoms with Crippen LogP contribution in [-0.4, -0.2) is 33.4 Å². The van der Waals surface area contributed by atoms with Crippen LogP contribution in [0.1, 0.15) is 38.4 Å². The Morgan fingerprint density at radius 1 is 1.29 bits per heavy atom. The average molecular weight is 420 g/mol. The Balaban J connectivity index is 1.62. The molecule has 5 nitrogen and oxygen atoms in total. The van der Waals surface area contributed by atoms with Crippen LogP contribution in [0.2, 0.25) is 0 Å². The zero-order chi connectivity index (χ0) is 22.4. The van der Waals surface area contributed by atoms with Crippen LogP contribution in [0.5, 0.6) is 0 Å². The smallest absolute Gasteiger partial charge is 0.338 e. The van der Waals surface area contributed by atoms with Gasteiger partial charge in [-0.2, -0.15) is 5.26 Å². The van der Waals surface area contributed by atoms with E-state index in [2.05, 4.69) is 11.1 Å². The van der Waals surface area contributed by atoms with E-state index in [0.717, 1.165) is 11.1 Å². The van der Waals surface area contributed by atoms with E-state index in [-0.39, 0.29) is 6.42 Å². The molecule has 1 aromatic carbocycles. The molecule has 1 saturated carbocycles. The second-order valence-electron chi connectivity index (χ2n) is 8.87. The zero-order valence-electron chi connectivity index (χ0n) is 17.7. The van der Waals surface area contributed by atoms with E-state index in [1.165, 1.54) is 6.92 Å². The maximum absolute atomic E-state index is 15.3. The summed E-state index contributed by atoms with van der Waals surface area (Å²) in [4.78, 5) is 16.7. The molecule has 1 saturated heterocycles. The summed E-state index contributed by atoms with van der Waals surface area (Å²) in [6.45, 7) is 4.98. The number of aliphatic hydroxyl groups is 1. The van der Waals surface area contributed by atoms with Gasteiger partial charge in [-0.25, -0.2) is 9.18 Å². The van der Waals surface area contributed by atoms with Gasteiger partial charge in [-0.1, -0.05) is 37.3 Å². The van der Waals surface area contributed by atoms with Crippen molar-refractivity contribution in [3.8, 4) is 17.2 Å². The van der Waals surface area contributed by atoms with Crippen LogP contribution in [0.4, 0.5) is 4.39 Å². The van der Waals surface area contributed by atoms with Crippen molar-refractivity contribution in [3.63, 3.8) is 0 Å². The van der Waals surface area contributed by atoms with Crippen molar-refractivity contribution in [2.45, 2.75) is 44.6 Å². The number of aromatic nitrogens is 1. The normalized spacial score (nSPS) is 34.9. The van der Waals surface area contributed by atoms with Crippen LogP contribution in [0.15, 0.2) is 48.7 Å². The third-order valence-corrected chi connectivity index (χ3v) is 6.89. The van der Waals surface area contributed by atoms with E-state index in [4.69, 9.17) is 4.74 Å². The summed E-state index contributed by atoms with van der Waals surface area (Å²) in [6.07, 6.45) is 4.56. The molecule has 31 heavy (non-hydrogen) atoms. The molecule has 4 rings (SSSR count). The Morgan fingerprint density at radius 2 is 2.03 bits per heavy atom. The van der Waals surface area contributed by atoms with E-state index in [9.17, 15) is 15.2 Å². The number of halogens is 1. The fourth-order valence-corrected chi connectivity index (χ4v) is 5.08. The van der Waals surface area contributed by atoms with E-state index < -0.39 is 41.1 Å². The minimum Gasteiger partial charge on any atom is -0.460 e. The molecule has 1 aromatic heterocycles. The SMILES string of the molecule is C[C@H]1OC(=O)[C@]2(O)CC(C)(F)[C@@H](C)[C@H](/C=C/c3ccc(-c4ccccc4C#N)cn3)[C@H]12.